The van der Waals surface area contributed by atoms with Gasteiger partial charge >= 0.3 is 0 Å². The Morgan fingerprint density at radius 3 is 2.76 bits per heavy atom. The summed E-state index contributed by atoms with van der Waals surface area (Å²) in [5.41, 5.74) is 6.06. The molecule has 17 heavy (non-hydrogen) atoms. The zero-order valence-corrected chi connectivity index (χ0v) is 12.7. The Kier molecular flexibility index (Phi) is 4.30. The normalized spacial score (nSPS) is 22.9. The van der Waals surface area contributed by atoms with Gasteiger partial charge < -0.3 is 10.6 Å². The Labute approximate surface area is 117 Å². The molecule has 0 radical (unpaired) electrons. The highest BCUT2D eigenvalue weighted by molar-refractivity contribution is 14.1. The van der Waals surface area contributed by atoms with Crippen molar-refractivity contribution in [3.8, 4) is 0 Å². The van der Waals surface area contributed by atoms with E-state index in [0.29, 0.717) is 12.1 Å². The first-order valence-electron chi connectivity index (χ1n) is 6.32. The van der Waals surface area contributed by atoms with Crippen LogP contribution in [-0.2, 0) is 0 Å². The molecule has 1 aromatic rings. The van der Waals surface area contributed by atoms with E-state index in [-0.39, 0.29) is 0 Å². The smallest absolute Gasteiger partial charge is 0.135 e. The van der Waals surface area contributed by atoms with E-state index < -0.39 is 0 Å². The van der Waals surface area contributed by atoms with Gasteiger partial charge in [-0.25, -0.2) is 4.68 Å². The van der Waals surface area contributed by atoms with E-state index in [1.54, 1.807) is 0 Å². The fourth-order valence-corrected chi connectivity index (χ4v) is 2.88. The lowest BCUT2D eigenvalue weighted by Crippen LogP contribution is -2.31. The number of nitrogens with zero attached hydrogens (tertiary/aromatic N) is 3. The SMILES string of the molecule is CC(C)N1CCCC(n2ncc(I)c2N)CC1. The molecule has 1 unspecified atom stereocenters. The topological polar surface area (TPSA) is 47.1 Å². The molecule has 0 spiro atoms. The molecule has 0 aromatic carbocycles. The first-order valence-corrected chi connectivity index (χ1v) is 7.40. The van der Waals surface area contributed by atoms with Crippen LogP contribution in [-0.4, -0.2) is 33.8 Å². The molecule has 5 heteroatoms. The predicted molar refractivity (Wildman–Crippen MR) is 79.0 cm³/mol. The summed E-state index contributed by atoms with van der Waals surface area (Å²) in [7, 11) is 0. The number of nitrogen functional groups attached to an aromatic ring is 1. The lowest BCUT2D eigenvalue weighted by atomic mass is 10.1. The van der Waals surface area contributed by atoms with Gasteiger partial charge in [0.15, 0.2) is 0 Å². The van der Waals surface area contributed by atoms with E-state index in [1.807, 2.05) is 10.9 Å². The predicted octanol–water partition coefficient (Wildman–Crippen LogP) is 2.51. The van der Waals surface area contributed by atoms with Crippen molar-refractivity contribution < 1.29 is 0 Å². The number of nitrogens with two attached hydrogens (primary N) is 1. The summed E-state index contributed by atoms with van der Waals surface area (Å²) in [6, 6.07) is 1.12. The van der Waals surface area contributed by atoms with Gasteiger partial charge in [0.1, 0.15) is 5.82 Å². The van der Waals surface area contributed by atoms with Gasteiger partial charge in [-0.3, -0.25) is 0 Å². The second kappa shape index (κ2) is 5.56. The van der Waals surface area contributed by atoms with Gasteiger partial charge in [0.2, 0.25) is 0 Å². The molecule has 1 aromatic heterocycles. The van der Waals surface area contributed by atoms with Crippen LogP contribution in [0.4, 0.5) is 5.82 Å². The lowest BCUT2D eigenvalue weighted by molar-refractivity contribution is 0.227. The Morgan fingerprint density at radius 2 is 2.18 bits per heavy atom. The van der Waals surface area contributed by atoms with E-state index in [0.717, 1.165) is 22.4 Å². The zero-order chi connectivity index (χ0) is 12.4. The number of hydrogen-bond acceptors (Lipinski definition) is 3. The van der Waals surface area contributed by atoms with Crippen molar-refractivity contribution in [2.45, 2.75) is 45.2 Å². The van der Waals surface area contributed by atoms with Crippen LogP contribution in [0, 0.1) is 3.57 Å². The molecule has 0 saturated carbocycles. The van der Waals surface area contributed by atoms with Crippen molar-refractivity contribution >= 4 is 28.4 Å². The number of aromatic nitrogens is 2. The highest BCUT2D eigenvalue weighted by atomic mass is 127. The number of likely N-dealkylation sites (tertiary alicyclic amines) is 1. The van der Waals surface area contributed by atoms with Crippen LogP contribution >= 0.6 is 22.6 Å². The van der Waals surface area contributed by atoms with E-state index in [1.165, 1.54) is 19.4 Å². The summed E-state index contributed by atoms with van der Waals surface area (Å²) < 4.78 is 3.08. The maximum Gasteiger partial charge on any atom is 0.135 e. The number of halogens is 1. The van der Waals surface area contributed by atoms with Gasteiger partial charge in [0, 0.05) is 12.6 Å². The zero-order valence-electron chi connectivity index (χ0n) is 10.6. The van der Waals surface area contributed by atoms with Crippen LogP contribution < -0.4 is 5.73 Å². The molecule has 1 aliphatic rings. The van der Waals surface area contributed by atoms with Crippen molar-refractivity contribution in [1.82, 2.24) is 14.7 Å². The summed E-state index contributed by atoms with van der Waals surface area (Å²) in [6.07, 6.45) is 5.44. The minimum Gasteiger partial charge on any atom is -0.383 e. The summed E-state index contributed by atoms with van der Waals surface area (Å²) >= 11 is 2.25. The van der Waals surface area contributed by atoms with Crippen LogP contribution in [0.5, 0.6) is 0 Å². The molecular formula is C12H21IN4. The van der Waals surface area contributed by atoms with Crippen LogP contribution in [0.25, 0.3) is 0 Å². The second-order valence-corrected chi connectivity index (χ2v) is 6.20. The Balaban J connectivity index is 2.06. The summed E-state index contributed by atoms with van der Waals surface area (Å²) in [5.74, 6) is 0.827. The van der Waals surface area contributed by atoms with Gasteiger partial charge in [-0.2, -0.15) is 5.10 Å². The minimum atomic E-state index is 0.474. The van der Waals surface area contributed by atoms with E-state index in [2.05, 4.69) is 46.4 Å². The maximum absolute atomic E-state index is 6.06. The highest BCUT2D eigenvalue weighted by Crippen LogP contribution is 2.27. The van der Waals surface area contributed by atoms with Crippen molar-refractivity contribution in [3.05, 3.63) is 9.77 Å². The van der Waals surface area contributed by atoms with Crippen LogP contribution in [0.15, 0.2) is 6.20 Å². The summed E-state index contributed by atoms with van der Waals surface area (Å²) in [4.78, 5) is 2.55. The largest absolute Gasteiger partial charge is 0.383 e. The first kappa shape index (κ1) is 13.1. The third kappa shape index (κ3) is 2.93. The van der Waals surface area contributed by atoms with Crippen LogP contribution in [0.3, 0.4) is 0 Å². The summed E-state index contributed by atoms with van der Waals surface area (Å²) in [6.45, 7) is 6.89. The van der Waals surface area contributed by atoms with E-state index in [4.69, 9.17) is 5.73 Å². The fourth-order valence-electron chi connectivity index (χ4n) is 2.50. The lowest BCUT2D eigenvalue weighted by Gasteiger charge is -2.24. The molecule has 2 heterocycles. The summed E-state index contributed by atoms with van der Waals surface area (Å²) in [5, 5.41) is 4.42. The van der Waals surface area contributed by atoms with Gasteiger partial charge in [-0.15, -0.1) is 0 Å². The number of anilines is 1. The molecule has 2 N–H and O–H groups in total. The standard InChI is InChI=1S/C12H21IN4/c1-9(2)16-6-3-4-10(5-7-16)17-12(14)11(13)8-15-17/h8-10H,3-7,14H2,1-2H3. The third-order valence-corrected chi connectivity index (χ3v) is 4.43. The third-order valence-electron chi connectivity index (χ3n) is 3.60. The Bertz CT molecular complexity index is 375. The first-order chi connectivity index (χ1) is 8.09. The minimum absolute atomic E-state index is 0.474. The van der Waals surface area contributed by atoms with E-state index in [9.17, 15) is 0 Å². The molecule has 0 amide bonds. The van der Waals surface area contributed by atoms with E-state index >= 15 is 0 Å². The Morgan fingerprint density at radius 1 is 1.41 bits per heavy atom. The second-order valence-electron chi connectivity index (χ2n) is 5.04. The Hall–Kier alpha value is -0.300. The molecular weight excluding hydrogens is 327 g/mol. The van der Waals surface area contributed by atoms with Gasteiger partial charge in [-0.05, 0) is 62.2 Å². The molecule has 1 saturated heterocycles. The van der Waals surface area contributed by atoms with Crippen molar-refractivity contribution in [2.24, 2.45) is 0 Å². The highest BCUT2D eigenvalue weighted by Gasteiger charge is 2.22. The van der Waals surface area contributed by atoms with Gasteiger partial charge in [0.05, 0.1) is 15.8 Å². The number of hydrogen-bond donors (Lipinski definition) is 1. The molecule has 96 valence electrons. The quantitative estimate of drug-likeness (QED) is 0.836. The van der Waals surface area contributed by atoms with Crippen LogP contribution in [0.1, 0.15) is 39.2 Å². The molecule has 1 aliphatic heterocycles. The van der Waals surface area contributed by atoms with Crippen molar-refractivity contribution in [3.63, 3.8) is 0 Å². The molecule has 0 aliphatic carbocycles. The average Bonchev–Trinajstić information content (AvgIpc) is 2.55. The average molecular weight is 348 g/mol. The monoisotopic (exact) mass is 348 g/mol. The van der Waals surface area contributed by atoms with Crippen molar-refractivity contribution in [2.75, 3.05) is 18.8 Å². The number of rotatable bonds is 2. The van der Waals surface area contributed by atoms with Crippen molar-refractivity contribution in [1.29, 1.82) is 0 Å². The van der Waals surface area contributed by atoms with Gasteiger partial charge in [-0.1, -0.05) is 0 Å². The molecule has 0 bridgehead atoms. The van der Waals surface area contributed by atoms with Crippen LogP contribution in [0.2, 0.25) is 0 Å². The molecule has 2 rings (SSSR count). The maximum atomic E-state index is 6.06. The van der Waals surface area contributed by atoms with Gasteiger partial charge in [0.25, 0.3) is 0 Å². The fraction of sp³-hybridized carbons (Fsp3) is 0.750. The molecule has 1 atom stereocenters. The molecule has 4 nitrogen and oxygen atoms in total. The molecule has 1 fully saturated rings.